The number of ether oxygens (including phenoxy) is 4. The second-order valence-electron chi connectivity index (χ2n) is 17.4. The van der Waals surface area contributed by atoms with E-state index in [1.165, 1.54) is 7.11 Å². The third kappa shape index (κ3) is 5.97. The van der Waals surface area contributed by atoms with E-state index in [2.05, 4.69) is 12.1 Å². The molecule has 7 unspecified atom stereocenters. The molecule has 14 heteroatoms. The molecule has 4 bridgehead atoms. The predicted octanol–water partition coefficient (Wildman–Crippen LogP) is 7.37. The van der Waals surface area contributed by atoms with Crippen molar-refractivity contribution in [2.45, 2.75) is 110 Å². The van der Waals surface area contributed by atoms with Crippen LogP contribution in [0.3, 0.4) is 0 Å². The molecule has 0 radical (unpaired) electrons. The first-order valence-corrected chi connectivity index (χ1v) is 20.9. The molecule has 0 aromatic heterocycles. The Hall–Kier alpha value is -4.47. The summed E-state index contributed by atoms with van der Waals surface area (Å²) in [5.74, 6) is -3.71. The Morgan fingerprint density at radius 1 is 1.11 bits per heavy atom. The third-order valence-corrected chi connectivity index (χ3v) is 13.2. The van der Waals surface area contributed by atoms with E-state index in [1.54, 1.807) is 31.0 Å². The van der Waals surface area contributed by atoms with E-state index in [-0.39, 0.29) is 47.1 Å². The number of carbonyl (C=O) groups is 2. The van der Waals surface area contributed by atoms with Gasteiger partial charge < -0.3 is 28.4 Å². The van der Waals surface area contributed by atoms with Crippen molar-refractivity contribution >= 4 is 37.2 Å². The summed E-state index contributed by atoms with van der Waals surface area (Å²) in [6.07, 6.45) is 11.2. The van der Waals surface area contributed by atoms with Gasteiger partial charge >= 0.3 is 13.8 Å². The second-order valence-corrected chi connectivity index (χ2v) is 18.6. The summed E-state index contributed by atoms with van der Waals surface area (Å²) in [6.45, 7) is 15.3. The van der Waals surface area contributed by atoms with Crippen LogP contribution in [0.4, 0.5) is 0 Å². The number of carbonyl (C=O) groups excluding carboxylic acids is 2. The molecule has 7 atom stereocenters. The number of hydrogen-bond donors (Lipinski definition) is 3. The third-order valence-electron chi connectivity index (χ3n) is 12.8. The number of allylic oxidation sites excluding steroid dienone is 4. The Labute approximate surface area is 333 Å². The molecule has 3 N–H and O–H groups in total. The van der Waals surface area contributed by atoms with E-state index in [9.17, 15) is 29.8 Å². The standard InChI is InChI=1S/C43H52N3O10P/c1-22(2)12-11-17-41(8)18-16-26-34(53-41)25(14-13-23(3)4)35-31(36(26)55-57(49,50)51)33-32-30(28(21-44)38(45)46(33)9)27-20-29-40(6,7)56-42(37(27)47,43(29,32)54-35)19-15-24(5)39(48)52-10/h12-13,15-16,18,27-30,45H,11,14,17,19-20H2,1-10H3,(H2,49,50,51). The Balaban J connectivity index is 1.62. The summed E-state index contributed by atoms with van der Waals surface area (Å²) in [6, 6.07) is 2.31. The number of fused-ring (bicyclic) bond motifs is 3. The van der Waals surface area contributed by atoms with Crippen LogP contribution >= 0.6 is 7.82 Å². The van der Waals surface area contributed by atoms with Crippen LogP contribution in [0.25, 0.3) is 11.8 Å². The van der Waals surface area contributed by atoms with Crippen molar-refractivity contribution in [3.05, 3.63) is 63.3 Å². The lowest BCUT2D eigenvalue weighted by atomic mass is 9.44. The van der Waals surface area contributed by atoms with Crippen molar-refractivity contribution in [1.82, 2.24) is 4.90 Å². The largest absolute Gasteiger partial charge is 0.524 e. The average molecular weight is 802 g/mol. The lowest BCUT2D eigenvalue weighted by Crippen LogP contribution is -2.76. The molecule has 304 valence electrons. The lowest BCUT2D eigenvalue weighted by Gasteiger charge is -2.64. The monoisotopic (exact) mass is 801 g/mol. The zero-order chi connectivity index (χ0) is 41.8. The molecule has 3 saturated carbocycles. The van der Waals surface area contributed by atoms with Crippen molar-refractivity contribution in [3.8, 4) is 23.3 Å². The molecular formula is C43H52N3O10P. The van der Waals surface area contributed by atoms with Crippen LogP contribution in [0.5, 0.6) is 17.2 Å². The number of nitrogens with one attached hydrogen (secondary N) is 1. The number of esters is 1. The van der Waals surface area contributed by atoms with Crippen molar-refractivity contribution in [1.29, 1.82) is 10.7 Å². The number of hydrogen-bond acceptors (Lipinski definition) is 10. The summed E-state index contributed by atoms with van der Waals surface area (Å²) in [5.41, 5.74) is -0.708. The maximum Gasteiger partial charge on any atom is 0.524 e. The SMILES string of the molecule is COC(=O)C(C)=CCC12OC(C)(C)C3CC(C1=O)C1C4=C(c5c(OP(=O)(O)O)c6c(c(CC=C(C)C)c5OC432)OC(C)(CCC=C(C)C)C=C6)N(C)C(=N)C1C#N. The molecule has 4 aliphatic heterocycles. The van der Waals surface area contributed by atoms with Gasteiger partial charge in [-0.3, -0.25) is 20.0 Å². The molecule has 4 heterocycles. The Morgan fingerprint density at radius 3 is 2.40 bits per heavy atom. The number of rotatable bonds is 10. The van der Waals surface area contributed by atoms with Gasteiger partial charge in [0.25, 0.3) is 0 Å². The van der Waals surface area contributed by atoms with Gasteiger partial charge in [0.2, 0.25) is 0 Å². The molecule has 8 rings (SSSR count). The van der Waals surface area contributed by atoms with Crippen LogP contribution in [-0.2, 0) is 30.0 Å². The highest BCUT2D eigenvalue weighted by Crippen LogP contribution is 2.74. The van der Waals surface area contributed by atoms with E-state index in [0.717, 1.165) is 11.1 Å². The number of phosphoric acid groups is 1. The van der Waals surface area contributed by atoms with Crippen molar-refractivity contribution < 1.29 is 47.4 Å². The van der Waals surface area contributed by atoms with Crippen LogP contribution in [-0.4, -0.2) is 68.8 Å². The fourth-order valence-electron chi connectivity index (χ4n) is 10.3. The van der Waals surface area contributed by atoms with E-state index in [1.807, 2.05) is 60.6 Å². The van der Waals surface area contributed by atoms with Crippen LogP contribution in [0, 0.1) is 40.4 Å². The Bertz CT molecular complexity index is 2250. The molecule has 3 aliphatic carbocycles. The quantitative estimate of drug-likeness (QED) is 0.0924. The highest BCUT2D eigenvalue weighted by atomic mass is 31.2. The fraction of sp³-hybridized carbons (Fsp3) is 0.535. The second kappa shape index (κ2) is 13.6. The minimum atomic E-state index is -5.26. The van der Waals surface area contributed by atoms with Gasteiger partial charge in [0.05, 0.1) is 35.6 Å². The fourth-order valence-corrected chi connectivity index (χ4v) is 10.7. The first kappa shape index (κ1) is 40.7. The summed E-state index contributed by atoms with van der Waals surface area (Å²) in [7, 11) is -2.34. The zero-order valence-electron chi connectivity index (χ0n) is 34.2. The van der Waals surface area contributed by atoms with E-state index in [4.69, 9.17) is 23.5 Å². The summed E-state index contributed by atoms with van der Waals surface area (Å²) < 4.78 is 45.2. The molecule has 1 aromatic rings. The number of Topliss-reactive ketones (excluding diaryl/α,β-unsaturated/α-hetero) is 1. The maximum atomic E-state index is 15.3. The van der Waals surface area contributed by atoms with Gasteiger partial charge in [0.1, 0.15) is 28.9 Å². The number of nitriles is 1. The van der Waals surface area contributed by atoms with E-state index >= 15 is 4.79 Å². The molecule has 7 aliphatic rings. The van der Waals surface area contributed by atoms with Crippen LogP contribution in [0.2, 0.25) is 0 Å². The van der Waals surface area contributed by atoms with Crippen LogP contribution < -0.4 is 14.0 Å². The van der Waals surface area contributed by atoms with Crippen LogP contribution in [0.15, 0.2) is 46.6 Å². The molecule has 1 spiro atoms. The van der Waals surface area contributed by atoms with Crippen molar-refractivity contribution in [2.24, 2.45) is 23.7 Å². The van der Waals surface area contributed by atoms with Gasteiger partial charge in [-0.2, -0.15) is 5.26 Å². The minimum Gasteiger partial charge on any atom is -0.482 e. The van der Waals surface area contributed by atoms with Gasteiger partial charge in [0, 0.05) is 47.9 Å². The number of amidine groups is 1. The Kier molecular flexibility index (Phi) is 9.68. The van der Waals surface area contributed by atoms with Crippen molar-refractivity contribution in [2.75, 3.05) is 14.2 Å². The number of ketones is 1. The van der Waals surface area contributed by atoms with Gasteiger partial charge in [-0.15, -0.1) is 0 Å². The van der Waals surface area contributed by atoms with Gasteiger partial charge in [-0.05, 0) is 93.2 Å². The van der Waals surface area contributed by atoms with E-state index in [0.29, 0.717) is 47.4 Å². The number of nitrogens with zero attached hydrogens (tertiary/aromatic N) is 2. The summed E-state index contributed by atoms with van der Waals surface area (Å²) >= 11 is 0. The predicted molar refractivity (Wildman–Crippen MR) is 212 cm³/mol. The normalized spacial score (nSPS) is 31.4. The molecule has 4 fully saturated rings. The summed E-state index contributed by atoms with van der Waals surface area (Å²) in [5, 5.41) is 20.1. The number of benzene rings is 1. The molecule has 13 nitrogen and oxygen atoms in total. The highest BCUT2D eigenvalue weighted by molar-refractivity contribution is 7.46. The first-order chi connectivity index (χ1) is 26.6. The lowest BCUT2D eigenvalue weighted by molar-refractivity contribution is -0.183. The van der Waals surface area contributed by atoms with Gasteiger partial charge in [-0.1, -0.05) is 29.4 Å². The summed E-state index contributed by atoms with van der Waals surface area (Å²) in [4.78, 5) is 50.6. The molecule has 0 amide bonds. The topological polar surface area (TPSA) is 189 Å². The molecule has 1 saturated heterocycles. The maximum absolute atomic E-state index is 15.3. The average Bonchev–Trinajstić information content (AvgIpc) is 3.26. The Morgan fingerprint density at radius 2 is 1.79 bits per heavy atom. The van der Waals surface area contributed by atoms with Gasteiger partial charge in [-0.25, -0.2) is 9.36 Å². The first-order valence-electron chi connectivity index (χ1n) is 19.4. The van der Waals surface area contributed by atoms with Gasteiger partial charge in [0.15, 0.2) is 22.7 Å². The molecular weight excluding hydrogens is 749 g/mol. The number of methoxy groups -OCH3 is 1. The molecule has 57 heavy (non-hydrogen) atoms. The zero-order valence-corrected chi connectivity index (χ0v) is 35.1. The smallest absolute Gasteiger partial charge is 0.482 e. The highest BCUT2D eigenvalue weighted by Gasteiger charge is 2.84. The van der Waals surface area contributed by atoms with Crippen LogP contribution in [0.1, 0.15) is 97.8 Å². The van der Waals surface area contributed by atoms with E-state index < -0.39 is 59.9 Å². The number of phosphoric ester groups is 1. The minimum absolute atomic E-state index is 0.0673. The molecule has 1 aromatic carbocycles. The van der Waals surface area contributed by atoms with Crippen molar-refractivity contribution in [3.63, 3.8) is 0 Å².